The van der Waals surface area contributed by atoms with Gasteiger partial charge in [0, 0.05) is 40.0 Å². The van der Waals surface area contributed by atoms with Gasteiger partial charge in [0.2, 0.25) is 5.91 Å². The topological polar surface area (TPSA) is 66.0 Å². The van der Waals surface area contributed by atoms with Gasteiger partial charge in [0.25, 0.3) is 0 Å². The van der Waals surface area contributed by atoms with Crippen LogP contribution in [0, 0.1) is 5.92 Å². The van der Waals surface area contributed by atoms with Crippen molar-refractivity contribution in [2.75, 3.05) is 33.7 Å². The molecule has 1 atom stereocenters. The van der Waals surface area contributed by atoms with Crippen LogP contribution in [0.1, 0.15) is 24.8 Å². The minimum absolute atomic E-state index is 0.138. The smallest absolute Gasteiger partial charge is 0.220 e. The molecule has 1 saturated heterocycles. The summed E-state index contributed by atoms with van der Waals surface area (Å²) in [5, 5.41) is 6.17. The van der Waals surface area contributed by atoms with E-state index in [0.717, 1.165) is 50.6 Å². The van der Waals surface area contributed by atoms with Crippen molar-refractivity contribution < 1.29 is 9.53 Å². The number of hydrogen-bond donors (Lipinski definition) is 2. The molecule has 136 valence electrons. The zero-order valence-corrected chi connectivity index (χ0v) is 15.1. The van der Waals surface area contributed by atoms with Gasteiger partial charge in [-0.15, -0.1) is 0 Å². The molecule has 1 unspecified atom stereocenters. The normalized spacial score (nSPS) is 20.8. The highest BCUT2D eigenvalue weighted by Crippen LogP contribution is 2.27. The van der Waals surface area contributed by atoms with Gasteiger partial charge in [0.05, 0.1) is 6.54 Å². The molecule has 6 heteroatoms. The Balaban J connectivity index is 1.44. The molecule has 2 heterocycles. The number of hydrogen-bond acceptors (Lipinski definition) is 3. The van der Waals surface area contributed by atoms with E-state index in [1.165, 1.54) is 5.56 Å². The van der Waals surface area contributed by atoms with Crippen LogP contribution < -0.4 is 15.4 Å². The lowest BCUT2D eigenvalue weighted by Crippen LogP contribution is -2.48. The maximum Gasteiger partial charge on any atom is 0.220 e. The number of rotatable bonds is 4. The van der Waals surface area contributed by atoms with E-state index < -0.39 is 0 Å². The number of carbonyl (C=O) groups excluding carboxylic acids is 1. The van der Waals surface area contributed by atoms with E-state index in [1.807, 2.05) is 19.2 Å². The molecule has 1 aromatic carbocycles. The zero-order chi connectivity index (χ0) is 17.6. The molecule has 0 spiro atoms. The Morgan fingerprint density at radius 3 is 2.76 bits per heavy atom. The van der Waals surface area contributed by atoms with Crippen molar-refractivity contribution in [3.8, 4) is 5.75 Å². The fourth-order valence-electron chi connectivity index (χ4n) is 3.62. The molecular weight excluding hydrogens is 316 g/mol. The molecule has 2 aliphatic rings. The maximum absolute atomic E-state index is 11.5. The van der Waals surface area contributed by atoms with E-state index in [9.17, 15) is 4.79 Å². The first kappa shape index (κ1) is 17.6. The van der Waals surface area contributed by atoms with Crippen LogP contribution in [-0.4, -0.2) is 56.6 Å². The number of guanidine groups is 1. The average molecular weight is 344 g/mol. The van der Waals surface area contributed by atoms with Gasteiger partial charge in [0.15, 0.2) is 5.96 Å². The Bertz CT molecular complexity index is 599. The summed E-state index contributed by atoms with van der Waals surface area (Å²) in [5.41, 5.74) is 1.28. The van der Waals surface area contributed by atoms with Gasteiger partial charge in [-0.2, -0.15) is 0 Å². The second-order valence-electron chi connectivity index (χ2n) is 6.79. The molecule has 1 amide bonds. The fraction of sp³-hybridized carbons (Fsp3) is 0.579. The van der Waals surface area contributed by atoms with Crippen LogP contribution in [-0.2, 0) is 11.2 Å². The van der Waals surface area contributed by atoms with Crippen LogP contribution in [0.25, 0.3) is 0 Å². The highest BCUT2D eigenvalue weighted by atomic mass is 16.5. The predicted molar refractivity (Wildman–Crippen MR) is 98.9 cm³/mol. The third-order valence-corrected chi connectivity index (χ3v) is 5.08. The van der Waals surface area contributed by atoms with Crippen molar-refractivity contribution in [3.63, 3.8) is 0 Å². The van der Waals surface area contributed by atoms with Crippen LogP contribution in [0.15, 0.2) is 29.3 Å². The van der Waals surface area contributed by atoms with Crippen LogP contribution in [0.5, 0.6) is 5.75 Å². The van der Waals surface area contributed by atoms with E-state index >= 15 is 0 Å². The van der Waals surface area contributed by atoms with E-state index in [-0.39, 0.29) is 12.0 Å². The summed E-state index contributed by atoms with van der Waals surface area (Å²) in [4.78, 5) is 18.2. The second kappa shape index (κ2) is 8.23. The summed E-state index contributed by atoms with van der Waals surface area (Å²) >= 11 is 0. The molecule has 2 N–H and O–H groups in total. The van der Waals surface area contributed by atoms with Crippen molar-refractivity contribution in [2.45, 2.75) is 31.8 Å². The van der Waals surface area contributed by atoms with Crippen LogP contribution in [0.3, 0.4) is 0 Å². The molecule has 25 heavy (non-hydrogen) atoms. The lowest BCUT2D eigenvalue weighted by atomic mass is 9.93. The van der Waals surface area contributed by atoms with E-state index in [1.54, 1.807) is 7.05 Å². The fourth-order valence-corrected chi connectivity index (χ4v) is 3.62. The van der Waals surface area contributed by atoms with Crippen LogP contribution in [0.2, 0.25) is 0 Å². The van der Waals surface area contributed by atoms with Gasteiger partial charge >= 0.3 is 0 Å². The summed E-state index contributed by atoms with van der Waals surface area (Å²) in [6.45, 7) is 2.62. The maximum atomic E-state index is 11.5. The van der Waals surface area contributed by atoms with Crippen molar-refractivity contribution in [3.05, 3.63) is 29.8 Å². The Labute approximate surface area is 149 Å². The highest BCUT2D eigenvalue weighted by molar-refractivity contribution is 5.80. The van der Waals surface area contributed by atoms with Crippen LogP contribution >= 0.6 is 0 Å². The van der Waals surface area contributed by atoms with Crippen molar-refractivity contribution >= 4 is 11.9 Å². The average Bonchev–Trinajstić information content (AvgIpc) is 3.06. The molecule has 1 fully saturated rings. The molecule has 0 bridgehead atoms. The van der Waals surface area contributed by atoms with Gasteiger partial charge in [-0.25, -0.2) is 0 Å². The number of carbonyl (C=O) groups is 1. The standard InChI is InChI=1S/C19H28N4O2/c1-20-18(24)11-14-7-9-23(10-8-14)19(21-2)22-13-16-12-15-5-3-4-6-17(15)25-16/h3-6,14,16H,7-13H2,1-2H3,(H,20,24)(H,21,22). The van der Waals surface area contributed by atoms with Gasteiger partial charge in [-0.3, -0.25) is 9.79 Å². The number of nitrogens with one attached hydrogen (secondary N) is 2. The van der Waals surface area contributed by atoms with Gasteiger partial charge < -0.3 is 20.3 Å². The first-order valence-corrected chi connectivity index (χ1v) is 9.10. The molecule has 0 aromatic heterocycles. The molecule has 0 aliphatic carbocycles. The number of fused-ring (bicyclic) bond motifs is 1. The van der Waals surface area contributed by atoms with Crippen molar-refractivity contribution in [2.24, 2.45) is 10.9 Å². The van der Waals surface area contributed by atoms with Gasteiger partial charge in [0.1, 0.15) is 11.9 Å². The van der Waals surface area contributed by atoms with E-state index in [4.69, 9.17) is 4.74 Å². The number of piperidine rings is 1. The SMILES string of the molecule is CN=C(NCC1Cc2ccccc2O1)N1CCC(CC(=O)NC)CC1. The molecular formula is C19H28N4O2. The number of aliphatic imine (C=N–C) groups is 1. The summed E-state index contributed by atoms with van der Waals surface area (Å²) in [6.07, 6.45) is 3.78. The summed E-state index contributed by atoms with van der Waals surface area (Å²) in [7, 11) is 3.52. The number of nitrogens with zero attached hydrogens (tertiary/aromatic N) is 2. The first-order valence-electron chi connectivity index (χ1n) is 9.10. The largest absolute Gasteiger partial charge is 0.488 e. The summed E-state index contributed by atoms with van der Waals surface area (Å²) < 4.78 is 5.98. The van der Waals surface area contributed by atoms with Crippen LogP contribution in [0.4, 0.5) is 0 Å². The molecule has 0 radical (unpaired) electrons. The van der Waals surface area contributed by atoms with E-state index in [0.29, 0.717) is 12.3 Å². The lowest BCUT2D eigenvalue weighted by Gasteiger charge is -2.34. The van der Waals surface area contributed by atoms with Gasteiger partial charge in [-0.1, -0.05) is 18.2 Å². The van der Waals surface area contributed by atoms with Crippen molar-refractivity contribution in [1.29, 1.82) is 0 Å². The summed E-state index contributed by atoms with van der Waals surface area (Å²) in [5.74, 6) is 2.54. The Morgan fingerprint density at radius 2 is 2.08 bits per heavy atom. The monoisotopic (exact) mass is 344 g/mol. The predicted octanol–water partition coefficient (Wildman–Crippen LogP) is 1.41. The molecule has 1 aromatic rings. The number of benzene rings is 1. The highest BCUT2D eigenvalue weighted by Gasteiger charge is 2.25. The number of likely N-dealkylation sites (tertiary alicyclic amines) is 1. The number of amides is 1. The molecule has 6 nitrogen and oxygen atoms in total. The molecule has 2 aliphatic heterocycles. The zero-order valence-electron chi connectivity index (χ0n) is 15.1. The Kier molecular flexibility index (Phi) is 5.79. The third kappa shape index (κ3) is 4.44. The molecule has 3 rings (SSSR count). The van der Waals surface area contributed by atoms with E-state index in [2.05, 4.69) is 32.7 Å². The number of para-hydroxylation sites is 1. The van der Waals surface area contributed by atoms with Gasteiger partial charge in [-0.05, 0) is 30.4 Å². The second-order valence-corrected chi connectivity index (χ2v) is 6.79. The minimum atomic E-state index is 0.138. The Morgan fingerprint density at radius 1 is 1.32 bits per heavy atom. The lowest BCUT2D eigenvalue weighted by molar-refractivity contribution is -0.121. The minimum Gasteiger partial charge on any atom is -0.488 e. The third-order valence-electron chi connectivity index (χ3n) is 5.08. The summed E-state index contributed by atoms with van der Waals surface area (Å²) in [6, 6.07) is 8.22. The van der Waals surface area contributed by atoms with Crippen molar-refractivity contribution in [1.82, 2.24) is 15.5 Å². The Hall–Kier alpha value is -2.24. The number of ether oxygens (including phenoxy) is 1. The quantitative estimate of drug-likeness (QED) is 0.640. The first-order chi connectivity index (χ1) is 12.2. The molecule has 0 saturated carbocycles.